The number of benzene rings is 2. The summed E-state index contributed by atoms with van der Waals surface area (Å²) in [6.07, 6.45) is 0.791. The normalized spacial score (nSPS) is 11.4. The topological polar surface area (TPSA) is 150 Å². The van der Waals surface area contributed by atoms with Gasteiger partial charge in [-0.2, -0.15) is 0 Å². The third-order valence-corrected chi connectivity index (χ3v) is 5.33. The van der Waals surface area contributed by atoms with Crippen LogP contribution in [0.25, 0.3) is 0 Å². The number of aliphatic carboxylic acids is 1. The number of halogens is 2. The Morgan fingerprint density at radius 2 is 1.76 bits per heavy atom. The molecule has 0 aliphatic rings. The number of aromatic nitrogens is 2. The Hall–Kier alpha value is -3.89. The summed E-state index contributed by atoms with van der Waals surface area (Å²) in [4.78, 5) is 55.0. The predicted octanol–water partition coefficient (Wildman–Crippen LogP) is 2.76. The van der Waals surface area contributed by atoms with E-state index in [1.54, 1.807) is 24.3 Å². The molecule has 2 amide bonds. The predicted molar refractivity (Wildman–Crippen MR) is 125 cm³/mol. The van der Waals surface area contributed by atoms with Gasteiger partial charge in [-0.1, -0.05) is 41.4 Å². The van der Waals surface area contributed by atoms with E-state index in [1.165, 1.54) is 25.3 Å². The molecule has 0 aliphatic carbocycles. The van der Waals surface area contributed by atoms with E-state index in [4.69, 9.17) is 27.9 Å². The van der Waals surface area contributed by atoms with Crippen LogP contribution in [0.4, 0.5) is 5.82 Å². The first-order valence-electron chi connectivity index (χ1n) is 9.71. The van der Waals surface area contributed by atoms with E-state index >= 15 is 0 Å². The average Bonchev–Trinajstić information content (AvgIpc) is 2.79. The minimum atomic E-state index is -1.43. The van der Waals surface area contributed by atoms with Crippen molar-refractivity contribution in [2.24, 2.45) is 0 Å². The highest BCUT2D eigenvalue weighted by atomic mass is 35.5. The molecule has 2 aromatic carbocycles. The average molecular weight is 505 g/mol. The molecule has 3 rings (SSSR count). The summed E-state index contributed by atoms with van der Waals surface area (Å²) in [5.74, 6) is -2.61. The van der Waals surface area contributed by atoms with E-state index in [1.807, 2.05) is 0 Å². The van der Waals surface area contributed by atoms with Crippen LogP contribution in [-0.4, -0.2) is 46.0 Å². The quantitative estimate of drug-likeness (QED) is 0.368. The summed E-state index contributed by atoms with van der Waals surface area (Å²) in [7, 11) is 1.38. The molecule has 1 heterocycles. The Labute approximate surface area is 202 Å². The summed E-state index contributed by atoms with van der Waals surface area (Å²) in [6.45, 7) is 0. The van der Waals surface area contributed by atoms with E-state index in [2.05, 4.69) is 20.6 Å². The second-order valence-electron chi connectivity index (χ2n) is 6.91. The number of hydrogen-bond donors (Lipinski definition) is 4. The number of rotatable bonds is 8. The summed E-state index contributed by atoms with van der Waals surface area (Å²) in [6, 6.07) is 9.37. The maximum absolute atomic E-state index is 12.7. The van der Waals surface area contributed by atoms with Crippen molar-refractivity contribution in [3.63, 3.8) is 0 Å². The summed E-state index contributed by atoms with van der Waals surface area (Å²) >= 11 is 12.1. The maximum Gasteiger partial charge on any atom is 0.346 e. The van der Waals surface area contributed by atoms with Crippen molar-refractivity contribution >= 4 is 46.8 Å². The van der Waals surface area contributed by atoms with Crippen LogP contribution >= 0.6 is 23.2 Å². The van der Waals surface area contributed by atoms with Gasteiger partial charge in [0, 0.05) is 18.2 Å². The second-order valence-corrected chi connectivity index (χ2v) is 7.72. The van der Waals surface area contributed by atoms with Gasteiger partial charge in [-0.15, -0.1) is 0 Å². The molecule has 12 heteroatoms. The molecule has 10 nitrogen and oxygen atoms in total. The van der Waals surface area contributed by atoms with Gasteiger partial charge in [0.15, 0.2) is 0 Å². The number of aromatic amines is 1. The molecule has 0 saturated heterocycles. The number of hydrogen-bond acceptors (Lipinski definition) is 6. The number of H-pyrrole nitrogens is 1. The van der Waals surface area contributed by atoms with Gasteiger partial charge >= 0.3 is 11.7 Å². The largest absolute Gasteiger partial charge is 0.496 e. The van der Waals surface area contributed by atoms with Crippen LogP contribution in [0.3, 0.4) is 0 Å². The zero-order valence-electron chi connectivity index (χ0n) is 17.6. The lowest BCUT2D eigenvalue weighted by atomic mass is 10.1. The van der Waals surface area contributed by atoms with Crippen LogP contribution in [0, 0.1) is 0 Å². The highest BCUT2D eigenvalue weighted by Gasteiger charge is 2.25. The van der Waals surface area contributed by atoms with Crippen molar-refractivity contribution in [2.45, 2.75) is 12.5 Å². The number of methoxy groups -OCH3 is 1. The van der Waals surface area contributed by atoms with Crippen LogP contribution in [0.5, 0.6) is 5.75 Å². The number of anilines is 1. The lowest BCUT2D eigenvalue weighted by Crippen LogP contribution is -2.42. The molecule has 4 N–H and O–H groups in total. The van der Waals surface area contributed by atoms with Gasteiger partial charge in [-0.3, -0.25) is 14.6 Å². The Balaban J connectivity index is 1.87. The highest BCUT2D eigenvalue weighted by Crippen LogP contribution is 2.25. The number of ether oxygens (including phenoxy) is 1. The van der Waals surface area contributed by atoms with E-state index in [-0.39, 0.29) is 44.7 Å². The van der Waals surface area contributed by atoms with Gasteiger partial charge in [-0.05, 0) is 24.3 Å². The van der Waals surface area contributed by atoms with Gasteiger partial charge in [0.05, 0.1) is 28.3 Å². The van der Waals surface area contributed by atoms with Crippen molar-refractivity contribution < 1.29 is 24.2 Å². The van der Waals surface area contributed by atoms with Crippen molar-refractivity contribution in [2.75, 3.05) is 12.4 Å². The van der Waals surface area contributed by atoms with Crippen LogP contribution in [0.1, 0.15) is 26.3 Å². The van der Waals surface area contributed by atoms with Crippen molar-refractivity contribution in [3.8, 4) is 5.75 Å². The second kappa shape index (κ2) is 10.8. The van der Waals surface area contributed by atoms with Gasteiger partial charge in [0.1, 0.15) is 17.6 Å². The molecule has 0 radical (unpaired) electrons. The molecule has 0 fully saturated rings. The van der Waals surface area contributed by atoms with E-state index in [9.17, 15) is 24.3 Å². The molecule has 176 valence electrons. The fourth-order valence-corrected chi connectivity index (χ4v) is 3.63. The smallest absolute Gasteiger partial charge is 0.346 e. The minimum Gasteiger partial charge on any atom is -0.496 e. The first kappa shape index (κ1) is 24.7. The Morgan fingerprint density at radius 3 is 2.41 bits per heavy atom. The first-order valence-corrected chi connectivity index (χ1v) is 10.5. The molecule has 1 aromatic heterocycles. The molecule has 34 heavy (non-hydrogen) atoms. The van der Waals surface area contributed by atoms with Crippen molar-refractivity contribution in [3.05, 3.63) is 85.9 Å². The monoisotopic (exact) mass is 504 g/mol. The van der Waals surface area contributed by atoms with Gasteiger partial charge < -0.3 is 20.5 Å². The lowest BCUT2D eigenvalue weighted by Gasteiger charge is -2.17. The molecule has 0 saturated carbocycles. The van der Waals surface area contributed by atoms with Crippen molar-refractivity contribution in [1.29, 1.82) is 0 Å². The van der Waals surface area contributed by atoms with E-state index in [0.29, 0.717) is 0 Å². The first-order chi connectivity index (χ1) is 16.2. The number of nitrogens with zero attached hydrogens (tertiary/aromatic N) is 1. The summed E-state index contributed by atoms with van der Waals surface area (Å²) in [5.41, 5.74) is -0.537. The van der Waals surface area contributed by atoms with Crippen molar-refractivity contribution in [1.82, 2.24) is 15.3 Å². The fraction of sp³-hybridized carbons (Fsp3) is 0.136. The third kappa shape index (κ3) is 5.72. The summed E-state index contributed by atoms with van der Waals surface area (Å²) < 4.78 is 5.14. The van der Waals surface area contributed by atoms with E-state index < -0.39 is 29.5 Å². The summed E-state index contributed by atoms with van der Waals surface area (Å²) in [5, 5.41) is 14.7. The maximum atomic E-state index is 12.7. The molecular formula is C22H18Cl2N4O6. The van der Waals surface area contributed by atoms with Crippen LogP contribution in [0.15, 0.2) is 53.5 Å². The number of carbonyl (C=O) groups is 3. The molecule has 0 spiro atoms. The standard InChI is InChI=1S/C22H18Cl2N4O6/c1-34-16-8-3-2-5-12(16)19(29)26-15(21(31)32)9-11-10-25-22(33)28-18(11)27-20(30)17-13(23)6-4-7-14(17)24/h2-8,10,15H,9H2,1H3,(H,26,29)(H,31,32)(H2,25,27,28,30,33). The SMILES string of the molecule is COc1ccccc1C(=O)NC(Cc1cnc(=O)[nH]c1NC(=O)c1c(Cl)cccc1Cl)C(=O)O. The molecule has 1 unspecified atom stereocenters. The number of nitrogens with one attached hydrogen (secondary N) is 3. The van der Waals surface area contributed by atoms with Crippen LogP contribution in [-0.2, 0) is 11.2 Å². The fourth-order valence-electron chi connectivity index (χ4n) is 3.07. The van der Waals surface area contributed by atoms with Crippen LogP contribution in [0.2, 0.25) is 10.0 Å². The molecule has 0 bridgehead atoms. The molecule has 1 atom stereocenters. The molecule has 0 aliphatic heterocycles. The molecule has 3 aromatic rings. The minimum absolute atomic E-state index is 0.0336. The van der Waals surface area contributed by atoms with Gasteiger partial charge in [-0.25, -0.2) is 14.6 Å². The molecular weight excluding hydrogens is 487 g/mol. The van der Waals surface area contributed by atoms with Gasteiger partial charge in [0.2, 0.25) is 0 Å². The Morgan fingerprint density at radius 1 is 1.09 bits per heavy atom. The Bertz CT molecular complexity index is 1290. The number of carboxylic acids is 1. The van der Waals surface area contributed by atoms with Crippen LogP contribution < -0.4 is 21.1 Å². The zero-order valence-corrected chi connectivity index (χ0v) is 19.1. The van der Waals surface area contributed by atoms with Gasteiger partial charge in [0.25, 0.3) is 11.8 Å². The Kier molecular flexibility index (Phi) is 7.87. The number of carboxylic acid groups (broad SMARTS) is 1. The van der Waals surface area contributed by atoms with E-state index in [0.717, 1.165) is 6.20 Å². The lowest BCUT2D eigenvalue weighted by molar-refractivity contribution is -0.139. The number of amides is 2. The highest BCUT2D eigenvalue weighted by molar-refractivity contribution is 6.40. The number of para-hydroxylation sites is 1. The zero-order chi connectivity index (χ0) is 24.8. The third-order valence-electron chi connectivity index (χ3n) is 4.70. The number of carbonyl (C=O) groups excluding carboxylic acids is 2.